The van der Waals surface area contributed by atoms with Gasteiger partial charge in [-0.05, 0) is 43.0 Å². The van der Waals surface area contributed by atoms with Crippen molar-refractivity contribution in [3.63, 3.8) is 0 Å². The molecule has 0 atom stereocenters. The lowest BCUT2D eigenvalue weighted by Crippen LogP contribution is -2.39. The van der Waals surface area contributed by atoms with Gasteiger partial charge < -0.3 is 5.73 Å². The Morgan fingerprint density at radius 2 is 2.00 bits per heavy atom. The minimum absolute atomic E-state index is 0.133. The Hall–Kier alpha value is -0.430. The standard InChI is InChI=1S/C14H24N2O2S2/c1-3-11-4-6-12(7-5-11)16(2)20(17,18)14-8-9-19-13(14)10-15/h8-9,11-12H,3-7,10,15H2,1-2H3. The smallest absolute Gasteiger partial charge is 0.244 e. The van der Waals surface area contributed by atoms with E-state index in [1.54, 1.807) is 22.8 Å². The molecule has 1 fully saturated rings. The third-order valence-corrected chi connectivity index (χ3v) is 7.52. The van der Waals surface area contributed by atoms with Gasteiger partial charge in [0.2, 0.25) is 10.0 Å². The highest BCUT2D eigenvalue weighted by molar-refractivity contribution is 7.89. The van der Waals surface area contributed by atoms with Gasteiger partial charge in [0.15, 0.2) is 0 Å². The van der Waals surface area contributed by atoms with Crippen molar-refractivity contribution < 1.29 is 8.42 Å². The van der Waals surface area contributed by atoms with Gasteiger partial charge in [-0.2, -0.15) is 4.31 Å². The Labute approximate surface area is 126 Å². The highest BCUT2D eigenvalue weighted by Crippen LogP contribution is 2.32. The first-order valence-corrected chi connectivity index (χ1v) is 9.57. The molecule has 4 nitrogen and oxygen atoms in total. The summed E-state index contributed by atoms with van der Waals surface area (Å²) in [6.45, 7) is 2.49. The van der Waals surface area contributed by atoms with Gasteiger partial charge in [0.05, 0.1) is 4.90 Å². The van der Waals surface area contributed by atoms with E-state index >= 15 is 0 Å². The normalized spacial score (nSPS) is 24.2. The molecule has 2 rings (SSSR count). The number of hydrogen-bond acceptors (Lipinski definition) is 4. The fourth-order valence-electron chi connectivity index (χ4n) is 2.98. The monoisotopic (exact) mass is 316 g/mol. The molecule has 0 amide bonds. The third-order valence-electron chi connectivity index (χ3n) is 4.45. The molecule has 0 aliphatic heterocycles. The van der Waals surface area contributed by atoms with Crippen LogP contribution in [0.1, 0.15) is 43.9 Å². The van der Waals surface area contributed by atoms with Crippen LogP contribution in [0.2, 0.25) is 0 Å². The Morgan fingerprint density at radius 1 is 1.35 bits per heavy atom. The van der Waals surface area contributed by atoms with Crippen molar-refractivity contribution in [2.24, 2.45) is 11.7 Å². The van der Waals surface area contributed by atoms with Gasteiger partial charge >= 0.3 is 0 Å². The first kappa shape index (κ1) is 15.9. The molecule has 0 bridgehead atoms. The molecule has 0 unspecified atom stereocenters. The van der Waals surface area contributed by atoms with Crippen LogP contribution in [-0.2, 0) is 16.6 Å². The molecule has 1 aliphatic rings. The first-order chi connectivity index (χ1) is 9.50. The summed E-state index contributed by atoms with van der Waals surface area (Å²) in [6, 6.07) is 1.81. The Bertz CT molecular complexity index is 531. The molecule has 20 heavy (non-hydrogen) atoms. The Kier molecular flexibility index (Phi) is 5.23. The van der Waals surface area contributed by atoms with Crippen LogP contribution in [-0.4, -0.2) is 25.8 Å². The predicted octanol–water partition coefficient (Wildman–Crippen LogP) is 2.80. The van der Waals surface area contributed by atoms with Gasteiger partial charge in [-0.3, -0.25) is 0 Å². The summed E-state index contributed by atoms with van der Waals surface area (Å²) >= 11 is 1.41. The predicted molar refractivity (Wildman–Crippen MR) is 83.2 cm³/mol. The van der Waals surface area contributed by atoms with Gasteiger partial charge in [0, 0.05) is 24.5 Å². The average molecular weight is 316 g/mol. The molecule has 1 aromatic rings. The number of thiophene rings is 1. The summed E-state index contributed by atoms with van der Waals surface area (Å²) in [7, 11) is -1.69. The lowest BCUT2D eigenvalue weighted by atomic mass is 9.85. The third kappa shape index (κ3) is 3.08. The average Bonchev–Trinajstić information content (AvgIpc) is 2.95. The van der Waals surface area contributed by atoms with E-state index < -0.39 is 10.0 Å². The van der Waals surface area contributed by atoms with Crippen molar-refractivity contribution >= 4 is 21.4 Å². The van der Waals surface area contributed by atoms with Crippen LogP contribution < -0.4 is 5.73 Å². The molecule has 0 saturated heterocycles. The van der Waals surface area contributed by atoms with E-state index in [2.05, 4.69) is 6.92 Å². The lowest BCUT2D eigenvalue weighted by Gasteiger charge is -2.33. The zero-order valence-electron chi connectivity index (χ0n) is 12.2. The van der Waals surface area contributed by atoms with E-state index in [4.69, 9.17) is 5.73 Å². The number of sulfonamides is 1. The molecule has 0 aromatic carbocycles. The SMILES string of the molecule is CCC1CCC(N(C)S(=O)(=O)c2ccsc2CN)CC1. The number of hydrogen-bond donors (Lipinski definition) is 1. The molecule has 1 saturated carbocycles. The minimum atomic E-state index is -3.40. The van der Waals surface area contributed by atoms with E-state index in [1.165, 1.54) is 17.8 Å². The highest BCUT2D eigenvalue weighted by atomic mass is 32.2. The van der Waals surface area contributed by atoms with Crippen molar-refractivity contribution in [3.8, 4) is 0 Å². The van der Waals surface area contributed by atoms with Crippen molar-refractivity contribution in [2.45, 2.75) is 56.5 Å². The van der Waals surface area contributed by atoms with E-state index in [9.17, 15) is 8.42 Å². The topological polar surface area (TPSA) is 63.4 Å². The van der Waals surface area contributed by atoms with Crippen molar-refractivity contribution in [1.29, 1.82) is 0 Å². The van der Waals surface area contributed by atoms with Crippen LogP contribution in [0.15, 0.2) is 16.3 Å². The second-order valence-electron chi connectivity index (χ2n) is 5.52. The largest absolute Gasteiger partial charge is 0.326 e. The Morgan fingerprint density at radius 3 is 2.55 bits per heavy atom. The molecule has 1 aromatic heterocycles. The van der Waals surface area contributed by atoms with Crippen LogP contribution in [0.5, 0.6) is 0 Å². The van der Waals surface area contributed by atoms with Crippen LogP contribution in [0, 0.1) is 5.92 Å². The van der Waals surface area contributed by atoms with E-state index in [0.717, 1.165) is 36.5 Å². The summed E-state index contributed by atoms with van der Waals surface area (Å²) in [5.74, 6) is 0.767. The molecule has 114 valence electrons. The van der Waals surface area contributed by atoms with Crippen molar-refractivity contribution in [3.05, 3.63) is 16.3 Å². The van der Waals surface area contributed by atoms with Gasteiger partial charge in [-0.25, -0.2) is 8.42 Å². The molecule has 0 spiro atoms. The van der Waals surface area contributed by atoms with Crippen LogP contribution in [0.4, 0.5) is 0 Å². The highest BCUT2D eigenvalue weighted by Gasteiger charge is 2.32. The molecule has 6 heteroatoms. The molecule has 2 N–H and O–H groups in total. The number of rotatable bonds is 5. The van der Waals surface area contributed by atoms with Gasteiger partial charge in [-0.1, -0.05) is 13.3 Å². The van der Waals surface area contributed by atoms with E-state index in [-0.39, 0.29) is 12.6 Å². The summed E-state index contributed by atoms with van der Waals surface area (Å²) in [4.78, 5) is 1.14. The molecular formula is C14H24N2O2S2. The lowest BCUT2D eigenvalue weighted by molar-refractivity contribution is 0.233. The molecule has 0 radical (unpaired) electrons. The fraction of sp³-hybridized carbons (Fsp3) is 0.714. The van der Waals surface area contributed by atoms with Crippen molar-refractivity contribution in [1.82, 2.24) is 4.31 Å². The Balaban J connectivity index is 2.14. The quantitative estimate of drug-likeness (QED) is 0.908. The number of nitrogens with zero attached hydrogens (tertiary/aromatic N) is 1. The number of nitrogens with two attached hydrogens (primary N) is 1. The second-order valence-corrected chi connectivity index (χ2v) is 8.48. The molecule has 1 heterocycles. The van der Waals surface area contributed by atoms with Crippen LogP contribution in [0.25, 0.3) is 0 Å². The summed E-state index contributed by atoms with van der Waals surface area (Å²) in [5.41, 5.74) is 5.63. The zero-order chi connectivity index (χ0) is 14.8. The van der Waals surface area contributed by atoms with Crippen molar-refractivity contribution in [2.75, 3.05) is 7.05 Å². The molecule has 1 aliphatic carbocycles. The maximum absolute atomic E-state index is 12.7. The van der Waals surface area contributed by atoms with Crippen LogP contribution in [0.3, 0.4) is 0 Å². The second kappa shape index (κ2) is 6.56. The van der Waals surface area contributed by atoms with E-state index in [1.807, 2.05) is 0 Å². The fourth-order valence-corrected chi connectivity index (χ4v) is 5.70. The first-order valence-electron chi connectivity index (χ1n) is 7.25. The van der Waals surface area contributed by atoms with Gasteiger partial charge in [-0.15, -0.1) is 11.3 Å². The maximum atomic E-state index is 12.7. The van der Waals surface area contributed by atoms with Gasteiger partial charge in [0.1, 0.15) is 0 Å². The van der Waals surface area contributed by atoms with Gasteiger partial charge in [0.25, 0.3) is 0 Å². The van der Waals surface area contributed by atoms with E-state index in [0.29, 0.717) is 4.90 Å². The molecular weight excluding hydrogens is 292 g/mol. The zero-order valence-corrected chi connectivity index (χ0v) is 13.8. The van der Waals surface area contributed by atoms with Crippen LogP contribution >= 0.6 is 11.3 Å². The summed E-state index contributed by atoms with van der Waals surface area (Å²) in [6.07, 6.45) is 5.40. The summed E-state index contributed by atoms with van der Waals surface area (Å²) < 4.78 is 27.0. The minimum Gasteiger partial charge on any atom is -0.326 e. The maximum Gasteiger partial charge on any atom is 0.244 e. The summed E-state index contributed by atoms with van der Waals surface area (Å²) in [5, 5.41) is 1.80.